The number of fused-ring (bicyclic) bond motifs is 1. The lowest BCUT2D eigenvalue weighted by Gasteiger charge is -1.99. The first kappa shape index (κ1) is 33.1. The summed E-state index contributed by atoms with van der Waals surface area (Å²) in [6.45, 7) is 2.12. The van der Waals surface area contributed by atoms with Gasteiger partial charge in [-0.1, -0.05) is 12.1 Å². The first-order chi connectivity index (χ1) is 20.6. The van der Waals surface area contributed by atoms with Crippen molar-refractivity contribution >= 4 is 22.7 Å². The smallest absolute Gasteiger partial charge is 0.222 e. The molecule has 5 heterocycles. The summed E-state index contributed by atoms with van der Waals surface area (Å²) in [5.74, 6) is 0.660. The van der Waals surface area contributed by atoms with Crippen LogP contribution in [0, 0.1) is 0 Å². The third-order valence-corrected chi connectivity index (χ3v) is 5.41. The van der Waals surface area contributed by atoms with Crippen molar-refractivity contribution in [1.82, 2.24) is 48.9 Å². The molecule has 0 atom stereocenters. The van der Waals surface area contributed by atoms with Gasteiger partial charge in [0, 0.05) is 84.3 Å². The van der Waals surface area contributed by atoms with Gasteiger partial charge in [-0.3, -0.25) is 4.98 Å². The monoisotopic (exact) mass is 570 g/mol. The van der Waals surface area contributed by atoms with Crippen LogP contribution >= 0.6 is 0 Å². The molecular formula is C30H42N12. The van der Waals surface area contributed by atoms with Crippen molar-refractivity contribution in [2.24, 2.45) is 14.1 Å². The van der Waals surface area contributed by atoms with E-state index in [2.05, 4.69) is 56.5 Å². The number of para-hydroxylation sites is 2. The summed E-state index contributed by atoms with van der Waals surface area (Å²) in [5, 5.41) is 8.87. The number of imidazole rings is 3. The number of hydrogen-bond donors (Lipinski definition) is 3. The van der Waals surface area contributed by atoms with Gasteiger partial charge in [0.2, 0.25) is 5.95 Å². The molecule has 42 heavy (non-hydrogen) atoms. The minimum Gasteiger partial charge on any atom is -0.387 e. The topological polar surface area (TPSA) is 128 Å². The van der Waals surface area contributed by atoms with Crippen LogP contribution in [0.1, 0.15) is 6.42 Å². The average Bonchev–Trinajstić information content (AvgIpc) is 3.83. The molecule has 5 aromatic heterocycles. The number of aryl methyl sites for hydroxylation is 3. The maximum absolute atomic E-state index is 4.18. The summed E-state index contributed by atoms with van der Waals surface area (Å²) >= 11 is 0. The van der Waals surface area contributed by atoms with Gasteiger partial charge >= 0.3 is 0 Å². The Bertz CT molecular complexity index is 1380. The second-order valence-electron chi connectivity index (χ2n) is 8.64. The second kappa shape index (κ2) is 20.8. The quantitative estimate of drug-likeness (QED) is 0.253. The van der Waals surface area contributed by atoms with Crippen molar-refractivity contribution in [2.75, 3.05) is 38.3 Å². The third-order valence-electron chi connectivity index (χ3n) is 5.41. The maximum Gasteiger partial charge on any atom is 0.222 e. The first-order valence-corrected chi connectivity index (χ1v) is 13.5. The van der Waals surface area contributed by atoms with E-state index in [1.165, 1.54) is 5.52 Å². The minimum atomic E-state index is 0.660. The highest BCUT2D eigenvalue weighted by Crippen LogP contribution is 2.08. The molecule has 0 amide bonds. The Balaban J connectivity index is 0.000000185. The van der Waals surface area contributed by atoms with Gasteiger partial charge in [0.15, 0.2) is 0 Å². The Morgan fingerprint density at radius 3 is 1.95 bits per heavy atom. The Kier molecular flexibility index (Phi) is 16.4. The molecule has 0 aliphatic rings. The number of rotatable bonds is 6. The van der Waals surface area contributed by atoms with Gasteiger partial charge in [-0.05, 0) is 50.3 Å². The van der Waals surface area contributed by atoms with Gasteiger partial charge < -0.3 is 29.7 Å². The van der Waals surface area contributed by atoms with Gasteiger partial charge in [-0.15, -0.1) is 0 Å². The summed E-state index contributed by atoms with van der Waals surface area (Å²) in [4.78, 5) is 23.6. The largest absolute Gasteiger partial charge is 0.387 e. The molecule has 0 radical (unpaired) electrons. The second-order valence-corrected chi connectivity index (χ2v) is 8.64. The molecule has 0 unspecified atom stereocenters. The number of pyridine rings is 1. The molecule has 1 aromatic carbocycles. The van der Waals surface area contributed by atoms with E-state index in [1.807, 2.05) is 92.7 Å². The van der Waals surface area contributed by atoms with E-state index in [4.69, 9.17) is 0 Å². The van der Waals surface area contributed by atoms with Crippen molar-refractivity contribution in [1.29, 1.82) is 0 Å². The van der Waals surface area contributed by atoms with E-state index in [0.717, 1.165) is 30.7 Å². The highest BCUT2D eigenvalue weighted by atomic mass is 15.1. The number of nitrogens with zero attached hydrogens (tertiary/aromatic N) is 9. The molecule has 0 spiro atoms. The highest BCUT2D eigenvalue weighted by Gasteiger charge is 1.94. The van der Waals surface area contributed by atoms with Gasteiger partial charge in [-0.2, -0.15) is 0 Å². The molecule has 0 saturated carbocycles. The van der Waals surface area contributed by atoms with Crippen LogP contribution in [0.15, 0.2) is 111 Å². The van der Waals surface area contributed by atoms with Crippen molar-refractivity contribution in [2.45, 2.75) is 13.0 Å². The number of nitrogens with one attached hydrogen (secondary N) is 3. The van der Waals surface area contributed by atoms with Crippen LogP contribution in [0.25, 0.3) is 11.0 Å². The summed E-state index contributed by atoms with van der Waals surface area (Å²) in [6, 6.07) is 13.7. The SMILES string of the molecule is CNCCCn1ccnc1.CNc1cccnc1.CNc1ncccn1.Cn1ccnc1.Cn1cnc2ccccc21. The summed E-state index contributed by atoms with van der Waals surface area (Å²) in [6.07, 6.45) is 20.9. The maximum atomic E-state index is 4.18. The van der Waals surface area contributed by atoms with Crippen LogP contribution in [0.5, 0.6) is 0 Å². The molecule has 0 fully saturated rings. The van der Waals surface area contributed by atoms with Crippen LogP contribution in [-0.2, 0) is 20.6 Å². The molecule has 0 bridgehead atoms. The fourth-order valence-corrected chi connectivity index (χ4v) is 3.20. The van der Waals surface area contributed by atoms with Crippen molar-refractivity contribution in [3.63, 3.8) is 0 Å². The lowest BCUT2D eigenvalue weighted by atomic mass is 10.3. The molecular weight excluding hydrogens is 528 g/mol. The van der Waals surface area contributed by atoms with E-state index < -0.39 is 0 Å². The lowest BCUT2D eigenvalue weighted by Crippen LogP contribution is -2.10. The van der Waals surface area contributed by atoms with Gasteiger partial charge in [0.25, 0.3) is 0 Å². The van der Waals surface area contributed by atoms with E-state index in [-0.39, 0.29) is 0 Å². The van der Waals surface area contributed by atoms with Gasteiger partial charge in [0.1, 0.15) is 0 Å². The van der Waals surface area contributed by atoms with Crippen LogP contribution in [0.3, 0.4) is 0 Å². The standard InChI is InChI=1S/C8H8N2.C7H13N3.C6H8N2.C5H7N3.C4H6N2/c1-10-6-9-7-4-2-3-5-8(7)10;1-8-3-2-5-10-6-4-9-7-10;1-7-6-3-2-4-8-5-6;1-6-5-7-3-2-4-8-5;1-6-3-2-5-4-6/h2-6H,1H3;4,6-8H,2-3,5H2,1H3;2-5,7H,1H3;2-4H,1H3,(H,6,7,8);2-4H,1H3. The fourth-order valence-electron chi connectivity index (χ4n) is 3.20. The molecule has 6 aromatic rings. The Labute approximate surface area is 248 Å². The highest BCUT2D eigenvalue weighted by molar-refractivity contribution is 5.74. The summed E-state index contributed by atoms with van der Waals surface area (Å²) in [5.41, 5.74) is 3.29. The van der Waals surface area contributed by atoms with Gasteiger partial charge in [-0.25, -0.2) is 24.9 Å². The molecule has 0 aliphatic heterocycles. The molecule has 0 aliphatic carbocycles. The zero-order chi connectivity index (χ0) is 30.3. The lowest BCUT2D eigenvalue weighted by molar-refractivity contribution is 0.612. The minimum absolute atomic E-state index is 0.660. The molecule has 12 nitrogen and oxygen atoms in total. The van der Waals surface area contributed by atoms with Crippen LogP contribution in [-0.4, -0.2) is 71.3 Å². The fraction of sp³-hybridized carbons (Fsp3) is 0.267. The predicted molar refractivity (Wildman–Crippen MR) is 170 cm³/mol. The Hall–Kier alpha value is -5.10. The molecule has 3 N–H and O–H groups in total. The predicted octanol–water partition coefficient (Wildman–Crippen LogP) is 4.13. The molecule has 0 saturated heterocycles. The van der Waals surface area contributed by atoms with Crippen molar-refractivity contribution in [3.8, 4) is 0 Å². The molecule has 6 rings (SSSR count). The number of anilines is 2. The van der Waals surface area contributed by atoms with E-state index in [0.29, 0.717) is 5.95 Å². The Morgan fingerprint density at radius 1 is 0.690 bits per heavy atom. The first-order valence-electron chi connectivity index (χ1n) is 13.5. The Morgan fingerprint density at radius 2 is 1.45 bits per heavy atom. The van der Waals surface area contributed by atoms with Crippen molar-refractivity contribution < 1.29 is 0 Å². The van der Waals surface area contributed by atoms with E-state index in [1.54, 1.807) is 56.6 Å². The normalized spacial score (nSPS) is 9.45. The molecule has 12 heteroatoms. The third kappa shape index (κ3) is 13.8. The van der Waals surface area contributed by atoms with Crippen LogP contribution < -0.4 is 16.0 Å². The summed E-state index contributed by atoms with van der Waals surface area (Å²) < 4.78 is 5.98. The number of hydrogen-bond acceptors (Lipinski definition) is 9. The zero-order valence-electron chi connectivity index (χ0n) is 25.0. The number of benzene rings is 1. The van der Waals surface area contributed by atoms with E-state index in [9.17, 15) is 0 Å². The van der Waals surface area contributed by atoms with Crippen LogP contribution in [0.4, 0.5) is 11.6 Å². The van der Waals surface area contributed by atoms with Crippen molar-refractivity contribution in [3.05, 3.63) is 111 Å². The van der Waals surface area contributed by atoms with Gasteiger partial charge in [0.05, 0.1) is 35.7 Å². The summed E-state index contributed by atoms with van der Waals surface area (Å²) in [7, 11) is 9.56. The van der Waals surface area contributed by atoms with E-state index >= 15 is 0 Å². The average molecular weight is 571 g/mol. The molecule has 222 valence electrons. The zero-order valence-corrected chi connectivity index (χ0v) is 25.0. The van der Waals surface area contributed by atoms with Crippen LogP contribution in [0.2, 0.25) is 0 Å². The number of aromatic nitrogens is 9.